The Morgan fingerprint density at radius 1 is 1.67 bits per heavy atom. The molecular weight excluding hydrogens is 258 g/mol. The molecule has 4 heteroatoms. The maximum absolute atomic E-state index is 10.0. The predicted octanol–water partition coefficient (Wildman–Crippen LogP) is -6.76. The summed E-state index contributed by atoms with van der Waals surface area (Å²) >= 11 is -0.345. The van der Waals surface area contributed by atoms with E-state index < -0.39 is 5.97 Å². The van der Waals surface area contributed by atoms with Crippen molar-refractivity contribution in [3.8, 4) is 0 Å². The van der Waals surface area contributed by atoms with Crippen molar-refractivity contribution in [2.45, 2.75) is 0 Å². The van der Waals surface area contributed by atoms with Gasteiger partial charge in [-0.3, -0.25) is 0 Å². The van der Waals surface area contributed by atoms with Crippen LogP contribution in [0.2, 0.25) is 0 Å². The zero-order valence-electron chi connectivity index (χ0n) is 4.93. The molecule has 0 aliphatic carbocycles. The third kappa shape index (κ3) is 3.29. The van der Waals surface area contributed by atoms with Gasteiger partial charge in [-0.2, -0.15) is 0 Å². The van der Waals surface area contributed by atoms with Crippen LogP contribution < -0.4 is 77.7 Å². The van der Waals surface area contributed by atoms with Crippen LogP contribution in [0.25, 0.3) is 0 Å². The van der Waals surface area contributed by atoms with Crippen molar-refractivity contribution in [1.29, 1.82) is 0 Å². The molecular formula is C5H3IKO2-. The Bertz CT molecular complexity index is 174. The fourth-order valence-corrected chi connectivity index (χ4v) is 1.85. The van der Waals surface area contributed by atoms with Gasteiger partial charge in [0.25, 0.3) is 0 Å². The first-order valence-electron chi connectivity index (χ1n) is 2.02. The minimum absolute atomic E-state index is 0. The van der Waals surface area contributed by atoms with Gasteiger partial charge in [0.05, 0.1) is 0 Å². The molecule has 2 nitrogen and oxygen atoms in total. The first kappa shape index (κ1) is 10.3. The molecule has 1 aliphatic rings. The van der Waals surface area contributed by atoms with Crippen molar-refractivity contribution in [2.75, 3.05) is 0 Å². The van der Waals surface area contributed by atoms with Gasteiger partial charge in [-0.1, -0.05) is 0 Å². The van der Waals surface area contributed by atoms with E-state index in [-0.39, 0.29) is 72.6 Å². The topological polar surface area (TPSA) is 40.1 Å². The number of carboxylic acid groups (broad SMARTS) is 1. The molecule has 0 spiro atoms. The van der Waals surface area contributed by atoms with E-state index in [4.69, 9.17) is 0 Å². The van der Waals surface area contributed by atoms with Gasteiger partial charge in [0.15, 0.2) is 0 Å². The fourth-order valence-electron chi connectivity index (χ4n) is 0.374. The number of rotatable bonds is 1. The minimum Gasteiger partial charge on any atom is 1.00 e. The van der Waals surface area contributed by atoms with Crippen molar-refractivity contribution in [1.82, 2.24) is 0 Å². The Balaban J connectivity index is 0.000000640. The second kappa shape index (κ2) is 5.03. The van der Waals surface area contributed by atoms with Gasteiger partial charge in [-0.15, -0.1) is 0 Å². The summed E-state index contributed by atoms with van der Waals surface area (Å²) < 4.78 is 2.37. The van der Waals surface area contributed by atoms with Crippen LogP contribution in [0.15, 0.2) is 19.8 Å². The van der Waals surface area contributed by atoms with E-state index in [2.05, 4.69) is 0 Å². The average molecular weight is 261 g/mol. The van der Waals surface area contributed by atoms with Crippen molar-refractivity contribution < 1.29 is 82.5 Å². The third-order valence-corrected chi connectivity index (χ3v) is 2.94. The normalized spacial score (nSPS) is 15.3. The summed E-state index contributed by atoms with van der Waals surface area (Å²) in [5.74, 6) is -1.01. The Hall–Kier alpha value is 1.32. The number of carbonyl (C=O) groups excluding carboxylic acids is 1. The molecule has 1 heterocycles. The zero-order chi connectivity index (χ0) is 5.98. The van der Waals surface area contributed by atoms with Crippen molar-refractivity contribution in [3.05, 3.63) is 19.8 Å². The second-order valence-corrected chi connectivity index (χ2v) is 3.73. The van der Waals surface area contributed by atoms with Gasteiger partial charge in [0, 0.05) is 0 Å². The number of halogens is 1. The van der Waals surface area contributed by atoms with Crippen molar-refractivity contribution >= 4 is 5.97 Å². The molecule has 44 valence electrons. The molecule has 9 heavy (non-hydrogen) atoms. The maximum Gasteiger partial charge on any atom is 1.00 e. The van der Waals surface area contributed by atoms with Crippen LogP contribution in [-0.4, -0.2) is 5.97 Å². The molecule has 0 saturated carbocycles. The van der Waals surface area contributed by atoms with Crippen LogP contribution in [0.4, 0.5) is 0 Å². The van der Waals surface area contributed by atoms with Crippen LogP contribution in [0.3, 0.4) is 0 Å². The first-order chi connectivity index (χ1) is 3.80. The van der Waals surface area contributed by atoms with Crippen LogP contribution in [0.1, 0.15) is 0 Å². The summed E-state index contributed by atoms with van der Waals surface area (Å²) in [5.41, 5.74) is 0. The van der Waals surface area contributed by atoms with Crippen LogP contribution in [-0.2, 0) is 4.79 Å². The quantitative estimate of drug-likeness (QED) is 0.348. The van der Waals surface area contributed by atoms with Gasteiger partial charge in [-0.05, 0) is 0 Å². The van der Waals surface area contributed by atoms with Gasteiger partial charge in [0.1, 0.15) is 0 Å². The second-order valence-electron chi connectivity index (χ2n) is 1.23. The van der Waals surface area contributed by atoms with Gasteiger partial charge in [-0.25, -0.2) is 0 Å². The molecule has 0 aromatic heterocycles. The largest absolute Gasteiger partial charge is 1.00 e. The van der Waals surface area contributed by atoms with Crippen molar-refractivity contribution in [3.63, 3.8) is 0 Å². The molecule has 0 unspecified atom stereocenters. The summed E-state index contributed by atoms with van der Waals surface area (Å²) in [4.78, 5) is 10.0. The summed E-state index contributed by atoms with van der Waals surface area (Å²) in [6.07, 6.45) is 3.36. The molecule has 1 aliphatic heterocycles. The minimum atomic E-state index is -1.01. The van der Waals surface area contributed by atoms with Crippen molar-refractivity contribution in [2.24, 2.45) is 0 Å². The van der Waals surface area contributed by atoms with Gasteiger partial charge < -0.3 is 0 Å². The van der Waals surface area contributed by atoms with Gasteiger partial charge in [0.2, 0.25) is 0 Å². The molecule has 0 fully saturated rings. The van der Waals surface area contributed by atoms with E-state index in [0.717, 1.165) is 0 Å². The summed E-state index contributed by atoms with van der Waals surface area (Å²) in [6, 6.07) is 0. The number of allylic oxidation sites excluding steroid dienone is 2. The predicted molar refractivity (Wildman–Crippen MR) is 22.2 cm³/mol. The molecule has 0 N–H and O–H groups in total. The Morgan fingerprint density at radius 3 is 2.56 bits per heavy atom. The van der Waals surface area contributed by atoms with E-state index in [9.17, 15) is 9.90 Å². The molecule has 0 saturated heterocycles. The summed E-state index contributed by atoms with van der Waals surface area (Å²) in [7, 11) is 0. The molecule has 0 radical (unpaired) electrons. The summed E-state index contributed by atoms with van der Waals surface area (Å²) in [5, 5.41) is 10.0. The third-order valence-electron chi connectivity index (χ3n) is 0.691. The number of hydrogen-bond acceptors (Lipinski definition) is 2. The van der Waals surface area contributed by atoms with E-state index in [0.29, 0.717) is 3.58 Å². The molecule has 0 atom stereocenters. The average Bonchev–Trinajstić information content (AvgIpc) is 2.12. The molecule has 0 bridgehead atoms. The molecule has 0 aromatic rings. The number of aliphatic carboxylic acids is 1. The fraction of sp³-hybridized carbons (Fsp3) is 0. The molecule has 1 rings (SSSR count). The van der Waals surface area contributed by atoms with E-state index in [1.807, 2.05) is 4.08 Å². The number of hydrogen-bond donors (Lipinski definition) is 0. The monoisotopic (exact) mass is 261 g/mol. The Morgan fingerprint density at radius 2 is 2.33 bits per heavy atom. The standard InChI is InChI=1S/C5H4IO2.K/c7-5(8)4-2-1-3-6-4;/h1-3H,(H,7,8);/q-1;+1/p-1. The smallest absolute Gasteiger partial charge is 1.00 e. The number of carboxylic acids is 1. The summed E-state index contributed by atoms with van der Waals surface area (Å²) in [6.45, 7) is 0. The maximum atomic E-state index is 10.0. The first-order valence-corrected chi connectivity index (χ1v) is 4.35. The van der Waals surface area contributed by atoms with Gasteiger partial charge >= 0.3 is 108 Å². The Labute approximate surface area is 106 Å². The zero-order valence-corrected chi connectivity index (χ0v) is 10.2. The van der Waals surface area contributed by atoms with E-state index in [1.165, 1.54) is 0 Å². The Kier molecular flexibility index (Phi) is 5.77. The van der Waals surface area contributed by atoms with Crippen LogP contribution in [0, 0.1) is 0 Å². The SMILES string of the molecule is O=C([O-])C1=CC=C[I-]1.[K+]. The van der Waals surface area contributed by atoms with Crippen LogP contribution >= 0.6 is 0 Å². The van der Waals surface area contributed by atoms with Crippen LogP contribution in [0.5, 0.6) is 0 Å². The van der Waals surface area contributed by atoms with E-state index in [1.54, 1.807) is 12.2 Å². The van der Waals surface area contributed by atoms with E-state index >= 15 is 0 Å². The number of carbonyl (C=O) groups is 1. The molecule has 0 amide bonds. The molecule has 0 aromatic carbocycles.